The summed E-state index contributed by atoms with van der Waals surface area (Å²) < 4.78 is 4.78. The van der Waals surface area contributed by atoms with E-state index in [2.05, 4.69) is 15.8 Å². The standard InChI is InChI=1S/C12H14ClN3O2S/c1-3-18-11(17)8(2)15-16-12(19)14-10-6-4-9(13)5-7-10/h4-7H,3H2,1-2H3,(H2,14,16,19)/b15-8+. The van der Waals surface area contributed by atoms with Gasteiger partial charge in [-0.05, 0) is 50.3 Å². The first-order valence-electron chi connectivity index (χ1n) is 5.57. The van der Waals surface area contributed by atoms with Gasteiger partial charge in [-0.25, -0.2) is 4.79 Å². The van der Waals surface area contributed by atoms with Crippen LogP contribution >= 0.6 is 23.8 Å². The number of hydrogen-bond donors (Lipinski definition) is 2. The lowest BCUT2D eigenvalue weighted by Gasteiger charge is -2.07. The maximum Gasteiger partial charge on any atom is 0.354 e. The molecule has 0 aliphatic heterocycles. The van der Waals surface area contributed by atoms with Crippen molar-refractivity contribution in [2.75, 3.05) is 11.9 Å². The lowest BCUT2D eigenvalue weighted by molar-refractivity contribution is -0.135. The molecule has 1 aromatic carbocycles. The Morgan fingerprint density at radius 3 is 2.63 bits per heavy atom. The van der Waals surface area contributed by atoms with Crippen molar-refractivity contribution in [3.8, 4) is 0 Å². The number of hydrazone groups is 1. The van der Waals surface area contributed by atoms with Gasteiger partial charge in [0.15, 0.2) is 5.11 Å². The molecule has 1 rings (SSSR count). The zero-order valence-electron chi connectivity index (χ0n) is 10.6. The summed E-state index contributed by atoms with van der Waals surface area (Å²) >= 11 is 10.8. The number of nitrogens with one attached hydrogen (secondary N) is 2. The molecule has 0 amide bonds. The smallest absolute Gasteiger partial charge is 0.354 e. The summed E-state index contributed by atoms with van der Waals surface area (Å²) in [7, 11) is 0. The summed E-state index contributed by atoms with van der Waals surface area (Å²) in [5, 5.41) is 7.63. The molecule has 7 heteroatoms. The van der Waals surface area contributed by atoms with Gasteiger partial charge in [0, 0.05) is 10.7 Å². The molecular weight excluding hydrogens is 286 g/mol. The van der Waals surface area contributed by atoms with Crippen molar-refractivity contribution in [1.82, 2.24) is 5.43 Å². The molecule has 19 heavy (non-hydrogen) atoms. The van der Waals surface area contributed by atoms with E-state index in [1.165, 1.54) is 6.92 Å². The number of esters is 1. The van der Waals surface area contributed by atoms with E-state index in [1.807, 2.05) is 0 Å². The average molecular weight is 300 g/mol. The van der Waals surface area contributed by atoms with Crippen LogP contribution in [0.1, 0.15) is 13.8 Å². The topological polar surface area (TPSA) is 62.7 Å². The Kier molecular flexibility index (Phi) is 6.24. The van der Waals surface area contributed by atoms with Crippen LogP contribution in [0.25, 0.3) is 0 Å². The van der Waals surface area contributed by atoms with E-state index in [0.717, 1.165) is 5.69 Å². The molecule has 5 nitrogen and oxygen atoms in total. The zero-order valence-corrected chi connectivity index (χ0v) is 12.1. The fourth-order valence-corrected chi connectivity index (χ4v) is 1.40. The average Bonchev–Trinajstić information content (AvgIpc) is 2.39. The fraction of sp³-hybridized carbons (Fsp3) is 0.250. The molecule has 0 fully saturated rings. The van der Waals surface area contributed by atoms with Crippen LogP contribution in [0.4, 0.5) is 5.69 Å². The minimum atomic E-state index is -0.482. The molecule has 0 saturated heterocycles. The van der Waals surface area contributed by atoms with Crippen molar-refractivity contribution in [3.63, 3.8) is 0 Å². The number of thiocarbonyl (C=S) groups is 1. The first kappa shape index (κ1) is 15.4. The fourth-order valence-electron chi connectivity index (χ4n) is 1.11. The quantitative estimate of drug-likeness (QED) is 0.387. The maximum absolute atomic E-state index is 11.3. The molecule has 0 aliphatic rings. The van der Waals surface area contributed by atoms with Crippen molar-refractivity contribution in [1.29, 1.82) is 0 Å². The van der Waals surface area contributed by atoms with Crippen LogP contribution in [-0.4, -0.2) is 23.4 Å². The molecule has 0 saturated carbocycles. The predicted molar refractivity (Wildman–Crippen MR) is 80.6 cm³/mol. The minimum absolute atomic E-state index is 0.196. The molecule has 0 bridgehead atoms. The minimum Gasteiger partial charge on any atom is -0.461 e. The number of hydrogen-bond acceptors (Lipinski definition) is 4. The van der Waals surface area contributed by atoms with Gasteiger partial charge in [-0.1, -0.05) is 11.6 Å². The summed E-state index contributed by atoms with van der Waals surface area (Å²) in [6, 6.07) is 7.02. The molecule has 0 radical (unpaired) electrons. The maximum atomic E-state index is 11.3. The molecule has 0 aliphatic carbocycles. The number of rotatable bonds is 4. The number of nitrogens with zero attached hydrogens (tertiary/aromatic N) is 1. The third-order valence-corrected chi connectivity index (χ3v) is 2.44. The molecule has 0 atom stereocenters. The monoisotopic (exact) mass is 299 g/mol. The predicted octanol–water partition coefficient (Wildman–Crippen LogP) is 2.57. The molecule has 102 valence electrons. The highest BCUT2D eigenvalue weighted by atomic mass is 35.5. The lowest BCUT2D eigenvalue weighted by Crippen LogP contribution is -2.27. The van der Waals surface area contributed by atoms with E-state index in [-0.39, 0.29) is 10.8 Å². The molecule has 0 heterocycles. The first-order chi connectivity index (χ1) is 9.02. The second-order valence-electron chi connectivity index (χ2n) is 3.49. The summed E-state index contributed by atoms with van der Waals surface area (Å²) in [6.45, 7) is 3.57. The van der Waals surface area contributed by atoms with Crippen LogP contribution in [0.15, 0.2) is 29.4 Å². The Hall–Kier alpha value is -1.66. The normalized spacial score (nSPS) is 10.8. The van der Waals surface area contributed by atoms with Gasteiger partial charge in [-0.15, -0.1) is 0 Å². The van der Waals surface area contributed by atoms with E-state index >= 15 is 0 Å². The van der Waals surface area contributed by atoms with Gasteiger partial charge in [0.25, 0.3) is 0 Å². The number of halogens is 1. The third-order valence-electron chi connectivity index (χ3n) is 2.00. The summed E-state index contributed by atoms with van der Waals surface area (Å²) in [5.74, 6) is -0.482. The van der Waals surface area contributed by atoms with Crippen molar-refractivity contribution >= 4 is 46.3 Å². The number of ether oxygens (including phenoxy) is 1. The molecule has 2 N–H and O–H groups in total. The van der Waals surface area contributed by atoms with E-state index in [4.69, 9.17) is 28.6 Å². The first-order valence-corrected chi connectivity index (χ1v) is 6.35. The summed E-state index contributed by atoms with van der Waals surface area (Å²) in [5.41, 5.74) is 3.53. The highest BCUT2D eigenvalue weighted by Gasteiger charge is 2.06. The molecular formula is C12H14ClN3O2S. The number of carbonyl (C=O) groups is 1. The number of benzene rings is 1. The Labute approximate surface area is 122 Å². The van der Waals surface area contributed by atoms with Crippen molar-refractivity contribution < 1.29 is 9.53 Å². The Balaban J connectivity index is 2.49. The van der Waals surface area contributed by atoms with Crippen LogP contribution in [0, 0.1) is 0 Å². The van der Waals surface area contributed by atoms with Gasteiger partial charge in [-0.2, -0.15) is 5.10 Å². The molecule has 0 spiro atoms. The van der Waals surface area contributed by atoms with E-state index in [1.54, 1.807) is 31.2 Å². The van der Waals surface area contributed by atoms with E-state index in [9.17, 15) is 4.79 Å². The van der Waals surface area contributed by atoms with Crippen molar-refractivity contribution in [3.05, 3.63) is 29.3 Å². The molecule has 0 aromatic heterocycles. The third kappa shape index (κ3) is 5.67. The van der Waals surface area contributed by atoms with Crippen LogP contribution in [-0.2, 0) is 9.53 Å². The summed E-state index contributed by atoms with van der Waals surface area (Å²) in [4.78, 5) is 11.3. The van der Waals surface area contributed by atoms with Crippen LogP contribution in [0.5, 0.6) is 0 Å². The highest BCUT2D eigenvalue weighted by molar-refractivity contribution is 7.80. The number of carbonyl (C=O) groups excluding carboxylic acids is 1. The Bertz CT molecular complexity index is 488. The largest absolute Gasteiger partial charge is 0.461 e. The molecule has 0 unspecified atom stereocenters. The van der Waals surface area contributed by atoms with Crippen LogP contribution < -0.4 is 10.7 Å². The van der Waals surface area contributed by atoms with E-state index < -0.39 is 5.97 Å². The Morgan fingerprint density at radius 2 is 2.05 bits per heavy atom. The van der Waals surface area contributed by atoms with Crippen molar-refractivity contribution in [2.24, 2.45) is 5.10 Å². The number of anilines is 1. The van der Waals surface area contributed by atoms with Gasteiger partial charge >= 0.3 is 5.97 Å². The van der Waals surface area contributed by atoms with Gasteiger partial charge in [0.2, 0.25) is 0 Å². The van der Waals surface area contributed by atoms with Crippen LogP contribution in [0.3, 0.4) is 0 Å². The highest BCUT2D eigenvalue weighted by Crippen LogP contribution is 2.12. The van der Waals surface area contributed by atoms with Gasteiger partial charge in [0.1, 0.15) is 5.71 Å². The van der Waals surface area contributed by atoms with Crippen LogP contribution in [0.2, 0.25) is 5.02 Å². The van der Waals surface area contributed by atoms with Gasteiger partial charge in [-0.3, -0.25) is 5.43 Å². The van der Waals surface area contributed by atoms with Crippen molar-refractivity contribution in [2.45, 2.75) is 13.8 Å². The Morgan fingerprint density at radius 1 is 1.42 bits per heavy atom. The lowest BCUT2D eigenvalue weighted by atomic mass is 10.3. The SMILES string of the molecule is CCOC(=O)/C(C)=N/NC(=S)Nc1ccc(Cl)cc1. The van der Waals surface area contributed by atoms with Gasteiger partial charge in [0.05, 0.1) is 6.61 Å². The second kappa shape index (κ2) is 7.70. The molecule has 1 aromatic rings. The second-order valence-corrected chi connectivity index (χ2v) is 4.34. The summed E-state index contributed by atoms with van der Waals surface area (Å²) in [6.07, 6.45) is 0. The van der Waals surface area contributed by atoms with Gasteiger partial charge < -0.3 is 10.1 Å². The zero-order chi connectivity index (χ0) is 14.3. The van der Waals surface area contributed by atoms with E-state index in [0.29, 0.717) is 11.6 Å².